The number of imide groups is 2. The van der Waals surface area contributed by atoms with Gasteiger partial charge in [-0.05, 0) is 160 Å². The van der Waals surface area contributed by atoms with Gasteiger partial charge in [0.05, 0.1) is 25.4 Å². The fourth-order valence-electron chi connectivity index (χ4n) is 12.5. The molecular weight excluding hydrogens is 1480 g/mol. The van der Waals surface area contributed by atoms with Crippen LogP contribution in [0.1, 0.15) is 194 Å². The largest absolute Gasteiger partial charge is 0.533 e. The van der Waals surface area contributed by atoms with Gasteiger partial charge in [-0.25, -0.2) is 9.59 Å². The SMILES string of the molecule is CCNC(=O)CCCC(=O)Nc1ccc2c(c1)C(COC(=O)ON1C(=O)CCC1=O)c1cc(NC(=O)CCCC(=O)NCCOC(C)CCO)ccc1-2.CCOCCCOC.COCCCOCCNC(=O)CCCC(=O)Nc1ccc2c(c1)C(COC(=O)ON1C(=O)CCC1=O)c1cccc(C(=O)CCCOC(C)CCO)c1-2. The summed E-state index contributed by atoms with van der Waals surface area (Å²) in [5.74, 6) is -5.21. The number of rotatable bonds is 48. The fraction of sp³-hybridized carbons (Fsp3) is 0.543. The number of carbonyl (C=O) groups is 13. The van der Waals surface area contributed by atoms with E-state index in [-0.39, 0.29) is 150 Å². The zero-order valence-corrected chi connectivity index (χ0v) is 66.0. The number of hydrogen-bond acceptors (Lipinski definition) is 25. The molecule has 4 unspecified atom stereocenters. The molecule has 8 N–H and O–H groups in total. The number of amides is 10. The molecule has 0 aromatic heterocycles. The maximum atomic E-state index is 13.5. The summed E-state index contributed by atoms with van der Waals surface area (Å²) in [6.07, 6.45) is 2.42. The minimum Gasteiger partial charge on any atom is -0.432 e. The lowest BCUT2D eigenvalue weighted by molar-refractivity contribution is -0.177. The molecule has 2 aliphatic carbocycles. The standard InChI is InChI=1S/C38H49N3O12.C37H47N5O11.C6H14O2/c1-25(16-18-42)51-21-5-9-32(43)29-8-3-7-27-31(24-52-38(48)53-41-35(46)14-15-36(41)47)30-23-26(12-13-28(30)37(27)29)40-34(45)11-4-10-33(44)39-17-22-50-20-6-19-49-2;1-3-38-31(44)6-4-8-33(46)40-24-10-12-26-27-13-11-25(41-34(47)9-5-7-32(45)39-17-19-51-23(2)16-18-43)21-29(27)30(28(26)20-24)22-52-37(50)53-42-35(48)14-15-36(42)49;1-3-8-6-4-5-7-2/h3,7-8,12-13,23,25,31,42H,4-6,9-11,14-22,24H2,1-2H3,(H,39,44)(H,40,45);10-13,20-21,23,30,43H,3-9,14-19,22H2,1-2H3,(H,38,44)(H,39,45)(H,40,46)(H,41,47);3-6H2,1-2H3. The van der Waals surface area contributed by atoms with Crippen molar-refractivity contribution in [2.45, 2.75) is 174 Å². The van der Waals surface area contributed by atoms with Crippen LogP contribution in [0.5, 0.6) is 0 Å². The molecule has 2 heterocycles. The van der Waals surface area contributed by atoms with Crippen molar-refractivity contribution in [1.82, 2.24) is 26.1 Å². The number of hydrogen-bond donors (Lipinski definition) is 8. The Balaban J connectivity index is 0.000000323. The molecule has 10 amide bonds. The van der Waals surface area contributed by atoms with E-state index < -0.39 is 47.8 Å². The molecule has 33 nitrogen and oxygen atoms in total. The summed E-state index contributed by atoms with van der Waals surface area (Å²) in [7, 11) is 3.32. The fourth-order valence-corrected chi connectivity index (χ4v) is 12.5. The van der Waals surface area contributed by atoms with E-state index in [0.717, 1.165) is 54.9 Å². The van der Waals surface area contributed by atoms with Crippen molar-refractivity contribution in [2.75, 3.05) is 129 Å². The molecule has 4 aromatic rings. The molecule has 4 aliphatic rings. The van der Waals surface area contributed by atoms with Crippen LogP contribution >= 0.6 is 0 Å². The molecule has 33 heteroatoms. The average Bonchev–Trinajstić information content (AvgIpc) is 1.60. The van der Waals surface area contributed by atoms with Crippen molar-refractivity contribution in [2.24, 2.45) is 0 Å². The van der Waals surface area contributed by atoms with Gasteiger partial charge >= 0.3 is 12.3 Å². The normalized spacial score (nSPS) is 14.7. The molecule has 0 spiro atoms. The maximum absolute atomic E-state index is 13.5. The number of fused-ring (bicyclic) bond motifs is 6. The van der Waals surface area contributed by atoms with E-state index in [9.17, 15) is 62.3 Å². The van der Waals surface area contributed by atoms with Crippen molar-refractivity contribution in [3.8, 4) is 22.3 Å². The number of methoxy groups -OCH3 is 2. The van der Waals surface area contributed by atoms with Crippen LogP contribution in [0, 0.1) is 0 Å². The Morgan fingerprint density at radius 3 is 1.31 bits per heavy atom. The monoisotopic (exact) mass is 1590 g/mol. The zero-order valence-electron chi connectivity index (χ0n) is 66.0. The number of hydroxylamine groups is 4. The molecule has 4 atom stereocenters. The van der Waals surface area contributed by atoms with Crippen LogP contribution in [-0.4, -0.2) is 223 Å². The minimum absolute atomic E-state index is 0.0181. The van der Waals surface area contributed by atoms with E-state index >= 15 is 0 Å². The lowest BCUT2D eigenvalue weighted by Gasteiger charge is -2.17. The highest BCUT2D eigenvalue weighted by atomic mass is 16.8. The van der Waals surface area contributed by atoms with Gasteiger partial charge in [-0.15, -0.1) is 0 Å². The molecule has 4 aromatic carbocycles. The highest BCUT2D eigenvalue weighted by Crippen LogP contribution is 2.49. The van der Waals surface area contributed by atoms with Gasteiger partial charge in [-0.1, -0.05) is 46.5 Å². The second-order valence-electron chi connectivity index (χ2n) is 27.0. The number of carbonyl (C=O) groups excluding carboxylic acids is 13. The Morgan fingerprint density at radius 1 is 0.447 bits per heavy atom. The molecule has 624 valence electrons. The molecule has 2 fully saturated rings. The molecule has 0 bridgehead atoms. The Kier molecular flexibility index (Phi) is 41.4. The van der Waals surface area contributed by atoms with Gasteiger partial charge in [0.1, 0.15) is 13.2 Å². The number of aliphatic hydroxyl groups is 2. The van der Waals surface area contributed by atoms with Crippen molar-refractivity contribution >= 4 is 94.2 Å². The van der Waals surface area contributed by atoms with Crippen LogP contribution in [0.25, 0.3) is 22.3 Å². The number of anilines is 3. The van der Waals surface area contributed by atoms with Crippen LogP contribution in [0.2, 0.25) is 0 Å². The first-order valence-corrected chi connectivity index (χ1v) is 38.8. The van der Waals surface area contributed by atoms with Crippen molar-refractivity contribution in [1.29, 1.82) is 0 Å². The van der Waals surface area contributed by atoms with Gasteiger partial charge in [0, 0.05) is 192 Å². The van der Waals surface area contributed by atoms with E-state index in [0.29, 0.717) is 146 Å². The lowest BCUT2D eigenvalue weighted by atomic mass is 9.93. The van der Waals surface area contributed by atoms with E-state index in [4.69, 9.17) is 57.8 Å². The second kappa shape index (κ2) is 50.9. The van der Waals surface area contributed by atoms with Gasteiger partial charge in [0.25, 0.3) is 23.6 Å². The lowest BCUT2D eigenvalue weighted by Crippen LogP contribution is -2.32. The smallest absolute Gasteiger partial charge is 0.432 e. The highest BCUT2D eigenvalue weighted by molar-refractivity contribution is 6.06. The molecule has 0 radical (unpaired) electrons. The Hall–Kier alpha value is -10.1. The summed E-state index contributed by atoms with van der Waals surface area (Å²) < 4.78 is 42.2. The van der Waals surface area contributed by atoms with Gasteiger partial charge in [0.15, 0.2) is 5.78 Å². The average molecular weight is 1600 g/mol. The molecule has 8 rings (SSSR count). The number of Topliss-reactive ketones (excluding diaryl/α,β-unsaturated/α-hetero) is 1. The number of ketones is 1. The maximum Gasteiger partial charge on any atom is 0.533 e. The third kappa shape index (κ3) is 31.3. The summed E-state index contributed by atoms with van der Waals surface area (Å²) in [6.45, 7) is 12.9. The zero-order chi connectivity index (χ0) is 82.7. The van der Waals surface area contributed by atoms with E-state index in [1.807, 2.05) is 45.9 Å². The second-order valence-corrected chi connectivity index (χ2v) is 27.0. The molecular formula is C81H110N8O25. The van der Waals surface area contributed by atoms with Crippen LogP contribution in [0.3, 0.4) is 0 Å². The molecule has 2 aliphatic heterocycles. The molecule has 114 heavy (non-hydrogen) atoms. The summed E-state index contributed by atoms with van der Waals surface area (Å²) in [5.41, 5.74) is 7.75. The van der Waals surface area contributed by atoms with Crippen LogP contribution < -0.4 is 31.9 Å². The van der Waals surface area contributed by atoms with Crippen molar-refractivity contribution in [3.63, 3.8) is 0 Å². The Bertz CT molecular complexity index is 3850. The summed E-state index contributed by atoms with van der Waals surface area (Å²) >= 11 is 0. The van der Waals surface area contributed by atoms with Gasteiger partial charge in [-0.3, -0.25) is 62.4 Å². The number of aliphatic hydroxyl groups excluding tert-OH is 2. The first-order valence-electron chi connectivity index (χ1n) is 38.8. The van der Waals surface area contributed by atoms with E-state index in [1.165, 1.54) is 0 Å². The van der Waals surface area contributed by atoms with Crippen molar-refractivity contribution < 1.29 is 120 Å². The first kappa shape index (κ1) is 92.7. The number of nitrogens with zero attached hydrogens (tertiary/aromatic N) is 2. The van der Waals surface area contributed by atoms with Crippen LogP contribution in [-0.2, 0) is 95.5 Å². The third-order valence-electron chi connectivity index (χ3n) is 18.2. The van der Waals surface area contributed by atoms with E-state index in [1.54, 1.807) is 68.8 Å². The first-order chi connectivity index (χ1) is 55.0. The van der Waals surface area contributed by atoms with Gasteiger partial charge in [0.2, 0.25) is 35.4 Å². The topological polar surface area (TPSA) is 433 Å². The van der Waals surface area contributed by atoms with Crippen LogP contribution in [0.15, 0.2) is 72.8 Å². The number of benzene rings is 4. The van der Waals surface area contributed by atoms with E-state index in [2.05, 4.69) is 31.9 Å². The minimum atomic E-state index is -1.24. The highest BCUT2D eigenvalue weighted by Gasteiger charge is 2.38. The number of nitrogens with one attached hydrogen (secondary N) is 6. The summed E-state index contributed by atoms with van der Waals surface area (Å²) in [6, 6.07) is 21.2. The summed E-state index contributed by atoms with van der Waals surface area (Å²) in [4.78, 5) is 171. The van der Waals surface area contributed by atoms with Gasteiger partial charge in [-0.2, -0.15) is 0 Å². The van der Waals surface area contributed by atoms with Crippen LogP contribution in [0.4, 0.5) is 26.7 Å². The predicted octanol–water partition coefficient (Wildman–Crippen LogP) is 8.38. The van der Waals surface area contributed by atoms with Gasteiger partial charge < -0.3 is 80.0 Å². The molecule has 0 saturated carbocycles. The van der Waals surface area contributed by atoms with Crippen molar-refractivity contribution in [3.05, 3.63) is 101 Å². The predicted molar refractivity (Wildman–Crippen MR) is 415 cm³/mol. The molecule has 2 saturated heterocycles. The summed E-state index contributed by atoms with van der Waals surface area (Å²) in [5, 5.41) is 35.6. The third-order valence-corrected chi connectivity index (χ3v) is 18.2. The Morgan fingerprint density at radius 2 is 0.860 bits per heavy atom. The number of ether oxygens (including phenoxy) is 8. The Labute approximate surface area is 663 Å². The quantitative estimate of drug-likeness (QED) is 0.00890.